The van der Waals surface area contributed by atoms with Crippen molar-refractivity contribution in [1.29, 1.82) is 0 Å². The van der Waals surface area contributed by atoms with Gasteiger partial charge in [-0.15, -0.1) is 0 Å². The molecule has 4 rings (SSSR count). The molecule has 152 valence electrons. The van der Waals surface area contributed by atoms with Gasteiger partial charge in [0.2, 0.25) is 0 Å². The third-order valence-corrected chi connectivity index (χ3v) is 5.26. The van der Waals surface area contributed by atoms with Gasteiger partial charge in [-0.2, -0.15) is 0 Å². The maximum absolute atomic E-state index is 13.8. The van der Waals surface area contributed by atoms with Gasteiger partial charge >= 0.3 is 0 Å². The summed E-state index contributed by atoms with van der Waals surface area (Å²) >= 11 is 0. The highest BCUT2D eigenvalue weighted by atomic mass is 16.2. The molecule has 30 heavy (non-hydrogen) atoms. The summed E-state index contributed by atoms with van der Waals surface area (Å²) in [5.74, 6) is 0.00277. The van der Waals surface area contributed by atoms with Gasteiger partial charge in [0, 0.05) is 37.6 Å². The van der Waals surface area contributed by atoms with E-state index in [1.54, 1.807) is 6.20 Å². The van der Waals surface area contributed by atoms with E-state index in [1.807, 2.05) is 77.9 Å². The van der Waals surface area contributed by atoms with Crippen molar-refractivity contribution >= 4 is 11.6 Å². The molecule has 0 bridgehead atoms. The van der Waals surface area contributed by atoms with Crippen LogP contribution in [0.25, 0.3) is 5.65 Å². The highest BCUT2D eigenvalue weighted by Crippen LogP contribution is 2.19. The summed E-state index contributed by atoms with van der Waals surface area (Å²) in [4.78, 5) is 24.8. The molecule has 5 heteroatoms. The van der Waals surface area contributed by atoms with E-state index in [-0.39, 0.29) is 5.91 Å². The molecule has 4 aromatic rings. The topological polar surface area (TPSA) is 50.5 Å². The average molecular weight is 399 g/mol. The zero-order valence-corrected chi connectivity index (χ0v) is 17.5. The second kappa shape index (κ2) is 8.91. The molecule has 3 heterocycles. The van der Waals surface area contributed by atoms with Crippen molar-refractivity contribution in [2.75, 3.05) is 6.54 Å². The zero-order valence-electron chi connectivity index (χ0n) is 17.5. The quantitative estimate of drug-likeness (QED) is 0.461. The van der Waals surface area contributed by atoms with Crippen LogP contribution in [0.1, 0.15) is 39.9 Å². The lowest BCUT2D eigenvalue weighted by Gasteiger charge is -2.23. The number of hydrogen-bond acceptors (Lipinski definition) is 3. The molecule has 5 nitrogen and oxygen atoms in total. The first-order valence-corrected chi connectivity index (χ1v) is 10.4. The van der Waals surface area contributed by atoms with Gasteiger partial charge in [0.25, 0.3) is 5.91 Å². The van der Waals surface area contributed by atoms with Crippen molar-refractivity contribution in [3.05, 3.63) is 101 Å². The molecule has 0 saturated heterocycles. The molecule has 0 fully saturated rings. The fraction of sp³-hybridized carbons (Fsp3) is 0.240. The molecule has 0 aliphatic carbocycles. The maximum Gasteiger partial charge on any atom is 0.273 e. The number of aromatic nitrogens is 3. The average Bonchev–Trinajstić information content (AvgIpc) is 3.15. The molecule has 1 amide bonds. The molecule has 0 radical (unpaired) electrons. The number of rotatable bonds is 7. The van der Waals surface area contributed by atoms with Crippen LogP contribution in [0, 0.1) is 6.92 Å². The van der Waals surface area contributed by atoms with Crippen molar-refractivity contribution in [2.45, 2.75) is 33.2 Å². The van der Waals surface area contributed by atoms with Gasteiger partial charge in [-0.3, -0.25) is 14.2 Å². The van der Waals surface area contributed by atoms with Gasteiger partial charge in [-0.25, -0.2) is 4.98 Å². The van der Waals surface area contributed by atoms with Crippen LogP contribution in [-0.2, 0) is 19.4 Å². The second-order valence-electron chi connectivity index (χ2n) is 7.48. The van der Waals surface area contributed by atoms with Gasteiger partial charge in [0.05, 0.1) is 5.69 Å². The predicted molar refractivity (Wildman–Crippen MR) is 118 cm³/mol. The van der Waals surface area contributed by atoms with Gasteiger partial charge in [0.15, 0.2) is 0 Å². The fourth-order valence-electron chi connectivity index (χ4n) is 3.67. The Balaban J connectivity index is 1.68. The number of nitrogens with zero attached hydrogens (tertiary/aromatic N) is 4. The Hall–Kier alpha value is -3.47. The summed E-state index contributed by atoms with van der Waals surface area (Å²) in [6.07, 6.45) is 5.15. The maximum atomic E-state index is 13.8. The number of amides is 1. The summed E-state index contributed by atoms with van der Waals surface area (Å²) in [6.45, 7) is 5.22. The normalized spacial score (nSPS) is 11.0. The van der Waals surface area contributed by atoms with Crippen molar-refractivity contribution in [3.63, 3.8) is 0 Å². The third kappa shape index (κ3) is 4.25. The van der Waals surface area contributed by atoms with Gasteiger partial charge in [-0.05, 0) is 48.7 Å². The fourth-order valence-corrected chi connectivity index (χ4v) is 3.67. The Labute approximate surface area is 177 Å². The molecule has 0 aliphatic rings. The molecular weight excluding hydrogens is 372 g/mol. The largest absolute Gasteiger partial charge is 0.333 e. The standard InChI is InChI=1S/C25H26N4O/c1-3-22-24(29-16-12-19(2)17-23(29)27-22)25(30)28(18-20-9-5-4-6-10-20)15-13-21-11-7-8-14-26-21/h4-12,14,16-17H,3,13,15,18H2,1-2H3. The van der Waals surface area contributed by atoms with Crippen LogP contribution in [0.3, 0.4) is 0 Å². The number of benzene rings is 1. The number of carbonyl (C=O) groups excluding carboxylic acids is 1. The number of fused-ring (bicyclic) bond motifs is 1. The smallest absolute Gasteiger partial charge is 0.273 e. The van der Waals surface area contributed by atoms with Crippen LogP contribution in [0.5, 0.6) is 0 Å². The molecule has 0 spiro atoms. The van der Waals surface area contributed by atoms with E-state index in [0.29, 0.717) is 31.6 Å². The lowest BCUT2D eigenvalue weighted by Crippen LogP contribution is -2.34. The van der Waals surface area contributed by atoms with Crippen LogP contribution >= 0.6 is 0 Å². The third-order valence-electron chi connectivity index (χ3n) is 5.26. The van der Waals surface area contributed by atoms with Crippen LogP contribution in [0.15, 0.2) is 73.1 Å². The van der Waals surface area contributed by atoms with Gasteiger partial charge < -0.3 is 4.90 Å². The Morgan fingerprint density at radius 1 is 1.07 bits per heavy atom. The van der Waals surface area contributed by atoms with E-state index in [2.05, 4.69) is 17.1 Å². The molecule has 0 unspecified atom stereocenters. The van der Waals surface area contributed by atoms with Crippen LogP contribution in [0.2, 0.25) is 0 Å². The first-order chi connectivity index (χ1) is 14.7. The zero-order chi connectivity index (χ0) is 20.9. The molecule has 0 N–H and O–H groups in total. The van der Waals surface area contributed by atoms with Crippen molar-refractivity contribution in [3.8, 4) is 0 Å². The van der Waals surface area contributed by atoms with Crippen LogP contribution in [-0.4, -0.2) is 31.7 Å². The highest BCUT2D eigenvalue weighted by molar-refractivity contribution is 5.94. The summed E-state index contributed by atoms with van der Waals surface area (Å²) in [5, 5.41) is 0. The minimum absolute atomic E-state index is 0.00277. The molecular formula is C25H26N4O. The number of carbonyl (C=O) groups is 1. The Morgan fingerprint density at radius 3 is 2.60 bits per heavy atom. The summed E-state index contributed by atoms with van der Waals surface area (Å²) in [7, 11) is 0. The first kappa shape index (κ1) is 19.8. The van der Waals surface area contributed by atoms with E-state index in [4.69, 9.17) is 4.98 Å². The van der Waals surface area contributed by atoms with Gasteiger partial charge in [0.1, 0.15) is 11.3 Å². The lowest BCUT2D eigenvalue weighted by molar-refractivity contribution is 0.0736. The Morgan fingerprint density at radius 2 is 1.87 bits per heavy atom. The molecule has 0 atom stereocenters. The van der Waals surface area contributed by atoms with Gasteiger partial charge in [-0.1, -0.05) is 43.3 Å². The molecule has 0 saturated carbocycles. The number of hydrogen-bond donors (Lipinski definition) is 0. The number of aryl methyl sites for hydroxylation is 2. The minimum Gasteiger partial charge on any atom is -0.333 e. The molecule has 0 aliphatic heterocycles. The number of imidazole rings is 1. The van der Waals surface area contributed by atoms with E-state index in [9.17, 15) is 4.79 Å². The highest BCUT2D eigenvalue weighted by Gasteiger charge is 2.24. The Bertz CT molecular complexity index is 1140. The van der Waals surface area contributed by atoms with Crippen LogP contribution in [0.4, 0.5) is 0 Å². The van der Waals surface area contributed by atoms with Crippen LogP contribution < -0.4 is 0 Å². The van der Waals surface area contributed by atoms with E-state index in [0.717, 1.165) is 28.2 Å². The summed E-state index contributed by atoms with van der Waals surface area (Å²) in [5.41, 5.74) is 5.53. The lowest BCUT2D eigenvalue weighted by atomic mass is 10.1. The van der Waals surface area contributed by atoms with E-state index < -0.39 is 0 Å². The summed E-state index contributed by atoms with van der Waals surface area (Å²) in [6, 6.07) is 20.0. The monoisotopic (exact) mass is 398 g/mol. The van der Waals surface area contributed by atoms with Crippen molar-refractivity contribution in [1.82, 2.24) is 19.3 Å². The minimum atomic E-state index is 0.00277. The number of pyridine rings is 2. The van der Waals surface area contributed by atoms with E-state index in [1.165, 1.54) is 0 Å². The Kier molecular flexibility index (Phi) is 5.89. The summed E-state index contributed by atoms with van der Waals surface area (Å²) < 4.78 is 1.92. The second-order valence-corrected chi connectivity index (χ2v) is 7.48. The van der Waals surface area contributed by atoms with E-state index >= 15 is 0 Å². The first-order valence-electron chi connectivity index (χ1n) is 10.4. The predicted octanol–water partition coefficient (Wildman–Crippen LogP) is 4.49. The molecule has 1 aromatic carbocycles. The van der Waals surface area contributed by atoms with Crippen molar-refractivity contribution in [2.24, 2.45) is 0 Å². The SMILES string of the molecule is CCc1nc2cc(C)ccn2c1C(=O)N(CCc1ccccn1)Cc1ccccc1. The van der Waals surface area contributed by atoms with Crippen molar-refractivity contribution < 1.29 is 4.79 Å². The molecule has 3 aromatic heterocycles.